The third-order valence-electron chi connectivity index (χ3n) is 5.29. The molecule has 4 aromatic rings. The van der Waals surface area contributed by atoms with Crippen LogP contribution in [0.3, 0.4) is 0 Å². The van der Waals surface area contributed by atoms with Crippen molar-refractivity contribution in [3.05, 3.63) is 41.3 Å². The fraction of sp³-hybridized carbons (Fsp3) is 0.286. The lowest BCUT2D eigenvalue weighted by Gasteiger charge is -2.10. The lowest BCUT2D eigenvalue weighted by molar-refractivity contribution is 0.117. The minimum absolute atomic E-state index is 0.125. The fourth-order valence-electron chi connectivity index (χ4n) is 3.83. The van der Waals surface area contributed by atoms with E-state index in [1.807, 2.05) is 26.0 Å². The first-order valence-corrected chi connectivity index (χ1v) is 10.0. The molecule has 2 aromatic heterocycles. The number of fused-ring (bicyclic) bond motifs is 4. The lowest BCUT2D eigenvalue weighted by Crippen LogP contribution is -2.21. The van der Waals surface area contributed by atoms with Crippen LogP contribution in [0.5, 0.6) is 11.6 Å². The number of aliphatic hydroxyl groups excluding tert-OH is 1. The van der Waals surface area contributed by atoms with Gasteiger partial charge in [0.05, 0.1) is 41.2 Å². The van der Waals surface area contributed by atoms with Gasteiger partial charge in [0.25, 0.3) is 0 Å². The van der Waals surface area contributed by atoms with E-state index in [0.29, 0.717) is 22.4 Å². The van der Waals surface area contributed by atoms with Crippen LogP contribution in [0.4, 0.5) is 4.39 Å². The Morgan fingerprint density at radius 2 is 2.07 bits per heavy atom. The van der Waals surface area contributed by atoms with Crippen molar-refractivity contribution in [1.29, 1.82) is 0 Å². The number of nitrogens with zero attached hydrogens (tertiary/aromatic N) is 3. The van der Waals surface area contributed by atoms with Gasteiger partial charge in [-0.2, -0.15) is 0 Å². The smallest absolute Gasteiger partial charge is 0.232 e. The van der Waals surface area contributed by atoms with Crippen molar-refractivity contribution < 1.29 is 19.0 Å². The molecule has 148 valence electrons. The van der Waals surface area contributed by atoms with Crippen LogP contribution in [0.25, 0.3) is 31.8 Å². The molecule has 0 spiro atoms. The maximum atomic E-state index is 14.6. The summed E-state index contributed by atoms with van der Waals surface area (Å²) in [5.41, 5.74) is 4.63. The van der Waals surface area contributed by atoms with E-state index >= 15 is 0 Å². The Labute approximate surface area is 170 Å². The van der Waals surface area contributed by atoms with Crippen LogP contribution in [0.2, 0.25) is 0 Å². The van der Waals surface area contributed by atoms with Crippen LogP contribution < -0.4 is 9.47 Å². The Morgan fingerprint density at radius 1 is 1.24 bits per heavy atom. The number of rotatable bonds is 3. The average Bonchev–Trinajstić information content (AvgIpc) is 3.27. The summed E-state index contributed by atoms with van der Waals surface area (Å²) in [7, 11) is 1.55. The number of ether oxygens (including phenoxy) is 2. The Balaban J connectivity index is 1.75. The molecule has 0 amide bonds. The predicted molar refractivity (Wildman–Crippen MR) is 109 cm³/mol. The van der Waals surface area contributed by atoms with Gasteiger partial charge in [-0.05, 0) is 24.6 Å². The second-order valence-corrected chi connectivity index (χ2v) is 8.19. The topological polar surface area (TPSA) is 77.4 Å². The molecule has 5 rings (SSSR count). The Kier molecular flexibility index (Phi) is 4.15. The van der Waals surface area contributed by atoms with E-state index in [9.17, 15) is 9.50 Å². The normalized spacial score (nSPS) is 18.2. The van der Waals surface area contributed by atoms with Crippen LogP contribution in [0.15, 0.2) is 24.4 Å². The molecule has 3 heterocycles. The molecular weight excluding hydrogens is 393 g/mol. The third kappa shape index (κ3) is 2.74. The molecular formula is C21H18FN3O3S. The zero-order valence-electron chi connectivity index (χ0n) is 16.1. The minimum Gasteiger partial charge on any atom is -0.484 e. The third-order valence-corrected chi connectivity index (χ3v) is 6.43. The zero-order chi connectivity index (χ0) is 20.3. The molecule has 0 unspecified atom stereocenters. The van der Waals surface area contributed by atoms with E-state index in [1.54, 1.807) is 13.3 Å². The van der Waals surface area contributed by atoms with E-state index in [2.05, 4.69) is 9.97 Å². The number of halogens is 1. The van der Waals surface area contributed by atoms with Gasteiger partial charge < -0.3 is 14.6 Å². The van der Waals surface area contributed by atoms with E-state index < -0.39 is 11.9 Å². The molecule has 0 bridgehead atoms. The van der Waals surface area contributed by atoms with Crippen LogP contribution in [0.1, 0.15) is 24.0 Å². The second-order valence-electron chi connectivity index (χ2n) is 7.19. The van der Waals surface area contributed by atoms with Crippen LogP contribution in [-0.2, 0) is 0 Å². The van der Waals surface area contributed by atoms with Gasteiger partial charge in [0, 0.05) is 23.1 Å². The maximum Gasteiger partial charge on any atom is 0.232 e. The van der Waals surface area contributed by atoms with Crippen LogP contribution in [-0.4, -0.2) is 39.9 Å². The number of benzene rings is 2. The van der Waals surface area contributed by atoms with E-state index in [4.69, 9.17) is 14.5 Å². The number of aliphatic hydroxyl groups is 1. The van der Waals surface area contributed by atoms with Gasteiger partial charge in [0.15, 0.2) is 11.6 Å². The summed E-state index contributed by atoms with van der Waals surface area (Å²) in [6, 6.07) is 5.35. The Bertz CT molecular complexity index is 1270. The van der Waals surface area contributed by atoms with Crippen molar-refractivity contribution in [2.75, 3.05) is 13.7 Å². The summed E-state index contributed by atoms with van der Waals surface area (Å²) < 4.78 is 26.4. The quantitative estimate of drug-likeness (QED) is 0.544. The SMILES string of the molecule is COc1cnc2c(-c3nc4cc(F)c5c(c4s3)[C@H](C)[C@@H](CO)O5)cc(C)cc2n1. The van der Waals surface area contributed by atoms with Crippen molar-refractivity contribution in [2.45, 2.75) is 25.9 Å². The number of thiazole rings is 1. The van der Waals surface area contributed by atoms with Gasteiger partial charge in [-0.3, -0.25) is 0 Å². The number of hydrogen-bond acceptors (Lipinski definition) is 7. The molecule has 1 N–H and O–H groups in total. The second kappa shape index (κ2) is 6.60. The van der Waals surface area contributed by atoms with Gasteiger partial charge in [0.1, 0.15) is 11.1 Å². The van der Waals surface area contributed by atoms with E-state index in [1.165, 1.54) is 17.4 Å². The molecule has 0 fully saturated rings. The van der Waals surface area contributed by atoms with E-state index in [-0.39, 0.29) is 18.3 Å². The summed E-state index contributed by atoms with van der Waals surface area (Å²) >= 11 is 1.48. The van der Waals surface area contributed by atoms with Crippen molar-refractivity contribution in [1.82, 2.24) is 15.0 Å². The lowest BCUT2D eigenvalue weighted by atomic mass is 9.97. The van der Waals surface area contributed by atoms with E-state index in [0.717, 1.165) is 26.4 Å². The highest BCUT2D eigenvalue weighted by atomic mass is 32.1. The summed E-state index contributed by atoms with van der Waals surface area (Å²) in [6.07, 6.45) is 1.13. The summed E-state index contributed by atoms with van der Waals surface area (Å²) in [6.45, 7) is 3.75. The van der Waals surface area contributed by atoms with Crippen molar-refractivity contribution in [3.8, 4) is 22.2 Å². The molecule has 0 saturated carbocycles. The molecule has 8 heteroatoms. The molecule has 29 heavy (non-hydrogen) atoms. The molecule has 2 aromatic carbocycles. The van der Waals surface area contributed by atoms with Gasteiger partial charge in [-0.15, -0.1) is 11.3 Å². The number of aromatic nitrogens is 3. The monoisotopic (exact) mass is 411 g/mol. The van der Waals surface area contributed by atoms with Crippen LogP contribution in [0, 0.1) is 12.7 Å². The maximum absolute atomic E-state index is 14.6. The number of methoxy groups -OCH3 is 1. The largest absolute Gasteiger partial charge is 0.484 e. The summed E-state index contributed by atoms with van der Waals surface area (Å²) in [5, 5.41) is 10.3. The molecule has 1 aliphatic heterocycles. The van der Waals surface area contributed by atoms with Crippen molar-refractivity contribution in [2.24, 2.45) is 0 Å². The average molecular weight is 411 g/mol. The predicted octanol–water partition coefficient (Wildman–Crippen LogP) is 4.22. The van der Waals surface area contributed by atoms with Gasteiger partial charge in [-0.25, -0.2) is 19.3 Å². The first-order valence-electron chi connectivity index (χ1n) is 9.22. The first kappa shape index (κ1) is 18.2. The van der Waals surface area contributed by atoms with Crippen LogP contribution >= 0.6 is 11.3 Å². The van der Waals surface area contributed by atoms with Gasteiger partial charge in [-0.1, -0.05) is 6.92 Å². The van der Waals surface area contributed by atoms with Crippen molar-refractivity contribution in [3.63, 3.8) is 0 Å². The standard InChI is InChI=1S/C21H18FN3O3S/c1-9-4-11(18-13(5-9)24-16(27-3)7-23-18)21-25-14-6-12(22)19-17(20(14)29-21)10(2)15(8-26)28-19/h4-7,10,15,26H,8H2,1-3H3/t10-,15-/m1/s1. The number of hydrogen-bond donors (Lipinski definition) is 1. The van der Waals surface area contributed by atoms with Crippen molar-refractivity contribution >= 4 is 32.6 Å². The Hall–Kier alpha value is -2.84. The molecule has 6 nitrogen and oxygen atoms in total. The summed E-state index contributed by atoms with van der Waals surface area (Å²) in [4.78, 5) is 13.7. The molecule has 0 radical (unpaired) electrons. The highest BCUT2D eigenvalue weighted by molar-refractivity contribution is 7.22. The first-order chi connectivity index (χ1) is 14.0. The summed E-state index contributed by atoms with van der Waals surface area (Å²) in [5.74, 6) is 0.0859. The molecule has 0 aliphatic carbocycles. The molecule has 1 aliphatic rings. The molecule has 0 saturated heterocycles. The highest BCUT2D eigenvalue weighted by Crippen LogP contribution is 2.47. The Morgan fingerprint density at radius 3 is 2.83 bits per heavy atom. The zero-order valence-corrected chi connectivity index (χ0v) is 16.9. The number of aryl methyl sites for hydroxylation is 1. The highest BCUT2D eigenvalue weighted by Gasteiger charge is 2.36. The van der Waals surface area contributed by atoms with Gasteiger partial charge >= 0.3 is 0 Å². The fourth-order valence-corrected chi connectivity index (χ4v) is 5.03. The molecule has 2 atom stereocenters. The van der Waals surface area contributed by atoms with Gasteiger partial charge in [0.2, 0.25) is 5.88 Å². The minimum atomic E-state index is -0.453.